The van der Waals surface area contributed by atoms with Gasteiger partial charge in [0.2, 0.25) is 0 Å². The predicted molar refractivity (Wildman–Crippen MR) is 71.6 cm³/mol. The molecule has 2 rings (SSSR count). The SMILES string of the molecule is Nc1ccc(OCc2ccc(Cl)cc2F)c(C(F)(F)F)c1. The molecule has 0 saturated carbocycles. The van der Waals surface area contributed by atoms with Gasteiger partial charge in [0.15, 0.2) is 0 Å². The van der Waals surface area contributed by atoms with Crippen LogP contribution in [-0.2, 0) is 12.8 Å². The Morgan fingerprint density at radius 2 is 1.81 bits per heavy atom. The van der Waals surface area contributed by atoms with Crippen LogP contribution in [0.5, 0.6) is 5.75 Å². The molecule has 112 valence electrons. The molecule has 0 saturated heterocycles. The smallest absolute Gasteiger partial charge is 0.420 e. The topological polar surface area (TPSA) is 35.2 Å². The quantitative estimate of drug-likeness (QED) is 0.659. The van der Waals surface area contributed by atoms with E-state index in [1.807, 2.05) is 0 Å². The second-order valence-electron chi connectivity index (χ2n) is 4.28. The molecule has 0 fully saturated rings. The average molecular weight is 320 g/mol. The fourth-order valence-corrected chi connectivity index (χ4v) is 1.85. The van der Waals surface area contributed by atoms with Crippen LogP contribution in [0.3, 0.4) is 0 Å². The van der Waals surface area contributed by atoms with Crippen LogP contribution >= 0.6 is 11.6 Å². The Morgan fingerprint density at radius 1 is 1.10 bits per heavy atom. The van der Waals surface area contributed by atoms with Crippen molar-refractivity contribution in [1.82, 2.24) is 0 Å². The number of hydrogen-bond donors (Lipinski definition) is 1. The summed E-state index contributed by atoms with van der Waals surface area (Å²) >= 11 is 5.59. The summed E-state index contributed by atoms with van der Waals surface area (Å²) in [6.45, 7) is -0.351. The number of anilines is 1. The third-order valence-electron chi connectivity index (χ3n) is 2.71. The molecule has 0 amide bonds. The third kappa shape index (κ3) is 3.78. The molecule has 2 aromatic carbocycles. The van der Waals surface area contributed by atoms with Gasteiger partial charge in [0, 0.05) is 16.3 Å². The lowest BCUT2D eigenvalue weighted by atomic mass is 10.1. The number of nitrogen functional groups attached to an aromatic ring is 1. The maximum Gasteiger partial charge on any atom is 0.420 e. The molecule has 2 aromatic rings. The average Bonchev–Trinajstić information content (AvgIpc) is 2.38. The number of hydrogen-bond acceptors (Lipinski definition) is 2. The van der Waals surface area contributed by atoms with Crippen LogP contribution in [0.15, 0.2) is 36.4 Å². The monoisotopic (exact) mass is 319 g/mol. The first-order valence-corrected chi connectivity index (χ1v) is 6.18. The van der Waals surface area contributed by atoms with Gasteiger partial charge in [-0.1, -0.05) is 17.7 Å². The standard InChI is InChI=1S/C14H10ClF4NO/c15-9-2-1-8(12(16)5-9)7-21-13-4-3-10(20)6-11(13)14(17,18)19/h1-6H,7,20H2. The highest BCUT2D eigenvalue weighted by atomic mass is 35.5. The van der Waals surface area contributed by atoms with Crippen LogP contribution in [0.4, 0.5) is 23.2 Å². The molecular weight excluding hydrogens is 310 g/mol. The first-order chi connectivity index (χ1) is 9.77. The van der Waals surface area contributed by atoms with Gasteiger partial charge in [0.05, 0.1) is 5.56 Å². The van der Waals surface area contributed by atoms with E-state index in [-0.39, 0.29) is 22.9 Å². The van der Waals surface area contributed by atoms with Gasteiger partial charge < -0.3 is 10.5 Å². The van der Waals surface area contributed by atoms with E-state index in [4.69, 9.17) is 22.1 Å². The van der Waals surface area contributed by atoms with E-state index < -0.39 is 23.3 Å². The number of nitrogens with two attached hydrogens (primary N) is 1. The summed E-state index contributed by atoms with van der Waals surface area (Å²) in [6.07, 6.45) is -4.61. The minimum absolute atomic E-state index is 0.0349. The molecule has 21 heavy (non-hydrogen) atoms. The van der Waals surface area contributed by atoms with Crippen molar-refractivity contribution in [1.29, 1.82) is 0 Å². The van der Waals surface area contributed by atoms with E-state index >= 15 is 0 Å². The van der Waals surface area contributed by atoms with E-state index in [2.05, 4.69) is 0 Å². The summed E-state index contributed by atoms with van der Waals surface area (Å²) in [4.78, 5) is 0. The molecule has 0 radical (unpaired) electrons. The summed E-state index contributed by atoms with van der Waals surface area (Å²) in [6, 6.07) is 7.00. The summed E-state index contributed by atoms with van der Waals surface area (Å²) in [5.41, 5.74) is 4.41. The minimum atomic E-state index is -4.61. The fraction of sp³-hybridized carbons (Fsp3) is 0.143. The normalized spacial score (nSPS) is 11.5. The molecule has 7 heteroatoms. The maximum atomic E-state index is 13.5. The molecule has 0 bridgehead atoms. The highest BCUT2D eigenvalue weighted by Gasteiger charge is 2.34. The zero-order valence-corrected chi connectivity index (χ0v) is 11.3. The summed E-state index contributed by atoms with van der Waals surface area (Å²) in [7, 11) is 0. The molecule has 0 spiro atoms. The van der Waals surface area contributed by atoms with Gasteiger partial charge in [-0.2, -0.15) is 13.2 Å². The van der Waals surface area contributed by atoms with Crippen molar-refractivity contribution in [2.24, 2.45) is 0 Å². The van der Waals surface area contributed by atoms with E-state index in [0.29, 0.717) is 0 Å². The molecular formula is C14H10ClF4NO. The zero-order chi connectivity index (χ0) is 15.6. The van der Waals surface area contributed by atoms with Crippen LogP contribution in [0.25, 0.3) is 0 Å². The lowest BCUT2D eigenvalue weighted by Crippen LogP contribution is -2.10. The third-order valence-corrected chi connectivity index (χ3v) is 2.94. The molecule has 2 N–H and O–H groups in total. The lowest BCUT2D eigenvalue weighted by Gasteiger charge is -2.15. The molecule has 0 unspecified atom stereocenters. The van der Waals surface area contributed by atoms with Crippen LogP contribution in [0, 0.1) is 5.82 Å². The van der Waals surface area contributed by atoms with E-state index in [0.717, 1.165) is 18.2 Å². The highest BCUT2D eigenvalue weighted by molar-refractivity contribution is 6.30. The Morgan fingerprint density at radius 3 is 2.43 bits per heavy atom. The Bertz CT molecular complexity index is 658. The lowest BCUT2D eigenvalue weighted by molar-refractivity contribution is -0.139. The molecule has 0 heterocycles. The fourth-order valence-electron chi connectivity index (χ4n) is 1.69. The Balaban J connectivity index is 2.24. The van der Waals surface area contributed by atoms with Gasteiger partial charge in [-0.15, -0.1) is 0 Å². The van der Waals surface area contributed by atoms with Crippen molar-refractivity contribution in [3.8, 4) is 5.75 Å². The second-order valence-corrected chi connectivity index (χ2v) is 4.71. The summed E-state index contributed by atoms with van der Waals surface area (Å²) in [5.74, 6) is -1.06. The first-order valence-electron chi connectivity index (χ1n) is 5.81. The van der Waals surface area contributed by atoms with Crippen molar-refractivity contribution in [3.05, 3.63) is 58.4 Å². The van der Waals surface area contributed by atoms with E-state index in [9.17, 15) is 17.6 Å². The minimum Gasteiger partial charge on any atom is -0.488 e. The van der Waals surface area contributed by atoms with Crippen LogP contribution in [-0.4, -0.2) is 0 Å². The van der Waals surface area contributed by atoms with Gasteiger partial charge in [-0.05, 0) is 30.3 Å². The van der Waals surface area contributed by atoms with E-state index in [1.165, 1.54) is 18.2 Å². The number of alkyl halides is 3. The highest BCUT2D eigenvalue weighted by Crippen LogP contribution is 2.37. The van der Waals surface area contributed by atoms with Gasteiger partial charge in [0.1, 0.15) is 18.2 Å². The van der Waals surface area contributed by atoms with Crippen LogP contribution in [0.2, 0.25) is 5.02 Å². The Hall–Kier alpha value is -1.95. The molecule has 0 aliphatic carbocycles. The molecule has 0 aliphatic heterocycles. The van der Waals surface area contributed by atoms with Crippen molar-refractivity contribution in [3.63, 3.8) is 0 Å². The van der Waals surface area contributed by atoms with Crippen molar-refractivity contribution >= 4 is 17.3 Å². The first kappa shape index (κ1) is 15.4. The molecule has 0 aromatic heterocycles. The van der Waals surface area contributed by atoms with Crippen molar-refractivity contribution in [2.75, 3.05) is 5.73 Å². The number of halogens is 5. The molecule has 0 aliphatic rings. The van der Waals surface area contributed by atoms with Gasteiger partial charge in [0.25, 0.3) is 0 Å². The Kier molecular flexibility index (Phi) is 4.27. The van der Waals surface area contributed by atoms with Gasteiger partial charge >= 0.3 is 6.18 Å². The summed E-state index contributed by atoms with van der Waals surface area (Å²) < 4.78 is 57.2. The number of rotatable bonds is 3. The number of benzene rings is 2. The second kappa shape index (κ2) is 5.81. The molecule has 2 nitrogen and oxygen atoms in total. The Labute approximate surface area is 123 Å². The van der Waals surface area contributed by atoms with Crippen molar-refractivity contribution in [2.45, 2.75) is 12.8 Å². The predicted octanol–water partition coefficient (Wildman–Crippen LogP) is 4.66. The van der Waals surface area contributed by atoms with Gasteiger partial charge in [-0.3, -0.25) is 0 Å². The number of ether oxygens (including phenoxy) is 1. The van der Waals surface area contributed by atoms with Crippen LogP contribution in [0.1, 0.15) is 11.1 Å². The zero-order valence-electron chi connectivity index (χ0n) is 10.5. The van der Waals surface area contributed by atoms with Gasteiger partial charge in [-0.25, -0.2) is 4.39 Å². The van der Waals surface area contributed by atoms with Crippen molar-refractivity contribution < 1.29 is 22.3 Å². The van der Waals surface area contributed by atoms with Crippen LogP contribution < -0.4 is 10.5 Å². The molecule has 0 atom stereocenters. The van der Waals surface area contributed by atoms with E-state index in [1.54, 1.807) is 0 Å². The maximum absolute atomic E-state index is 13.5. The largest absolute Gasteiger partial charge is 0.488 e. The summed E-state index contributed by atoms with van der Waals surface area (Å²) in [5, 5.41) is 0.194.